The minimum absolute atomic E-state index is 0.839. The van der Waals surface area contributed by atoms with Crippen molar-refractivity contribution in [2.24, 2.45) is 0 Å². The van der Waals surface area contributed by atoms with E-state index in [0.717, 1.165) is 67.3 Å². The van der Waals surface area contributed by atoms with E-state index in [4.69, 9.17) is 0 Å². The molecule has 0 aliphatic carbocycles. The van der Waals surface area contributed by atoms with Gasteiger partial charge in [-0.05, 0) is 103 Å². The summed E-state index contributed by atoms with van der Waals surface area (Å²) in [6, 6.07) is 36.8. The Morgan fingerprint density at radius 3 is 0.839 bits per heavy atom. The lowest BCUT2D eigenvalue weighted by Gasteiger charge is -2.01. The predicted molar refractivity (Wildman–Crippen MR) is 246 cm³/mol. The van der Waals surface area contributed by atoms with Crippen molar-refractivity contribution in [3.8, 4) is 0 Å². The van der Waals surface area contributed by atoms with Crippen LogP contribution in [0.25, 0.3) is 43.6 Å². The van der Waals surface area contributed by atoms with Crippen molar-refractivity contribution >= 4 is 43.6 Å². The Morgan fingerprint density at radius 2 is 0.536 bits per heavy atom. The fourth-order valence-electron chi connectivity index (χ4n) is 5.79. The molecule has 0 unspecified atom stereocenters. The van der Waals surface area contributed by atoms with Crippen LogP contribution in [0.3, 0.4) is 0 Å². The van der Waals surface area contributed by atoms with Crippen LogP contribution < -0.4 is 0 Å². The van der Waals surface area contributed by atoms with Crippen molar-refractivity contribution in [2.45, 2.75) is 111 Å². The maximum Gasteiger partial charge on any atom is 0.126 e. The van der Waals surface area contributed by atoms with Gasteiger partial charge in [-0.2, -0.15) is 0 Å². The number of benzene rings is 4. The smallest absolute Gasteiger partial charge is 0.126 e. The van der Waals surface area contributed by atoms with E-state index in [1.165, 1.54) is 21.9 Å². The maximum atomic E-state index is 4.44. The molecule has 0 N–H and O–H groups in total. The van der Waals surface area contributed by atoms with Crippen molar-refractivity contribution in [1.29, 1.82) is 0 Å². The molecular weight excluding hydrogens is 685 g/mol. The molecule has 0 radical (unpaired) electrons. The highest BCUT2D eigenvalue weighted by Crippen LogP contribution is 2.18. The summed E-state index contributed by atoms with van der Waals surface area (Å²) >= 11 is 0. The first-order valence-corrected chi connectivity index (χ1v) is 20.1. The maximum absolute atomic E-state index is 4.44. The molecule has 0 aliphatic heterocycles. The number of para-hydroxylation sites is 4. The Kier molecular flexibility index (Phi) is 22.7. The molecule has 56 heavy (non-hydrogen) atoms. The third-order valence-electron chi connectivity index (χ3n) is 7.91. The van der Waals surface area contributed by atoms with Crippen LogP contribution in [0, 0.1) is 55.4 Å². The van der Waals surface area contributed by atoms with Gasteiger partial charge in [0.2, 0.25) is 0 Å². The zero-order valence-corrected chi connectivity index (χ0v) is 37.1. The number of pyridine rings is 2. The highest BCUT2D eigenvalue weighted by atomic mass is 14.9. The van der Waals surface area contributed by atoms with Crippen LogP contribution in [0.5, 0.6) is 0 Å². The Bertz CT molecular complexity index is 2010. The van der Waals surface area contributed by atoms with Crippen LogP contribution in [-0.4, -0.2) is 29.9 Å². The van der Waals surface area contributed by atoms with Gasteiger partial charge in [-0.15, -0.1) is 0 Å². The number of hydrogen-bond donors (Lipinski definition) is 0. The average Bonchev–Trinajstić information content (AvgIpc) is 3.21. The number of aryl methyl sites for hydroxylation is 8. The average molecular weight is 751 g/mol. The molecule has 0 saturated heterocycles. The van der Waals surface area contributed by atoms with Crippen molar-refractivity contribution in [1.82, 2.24) is 29.9 Å². The molecule has 0 fully saturated rings. The lowest BCUT2D eigenvalue weighted by Crippen LogP contribution is -1.92. The highest BCUT2D eigenvalue weighted by molar-refractivity contribution is 5.83. The van der Waals surface area contributed by atoms with Gasteiger partial charge in [0.25, 0.3) is 0 Å². The molecule has 0 amide bonds. The van der Waals surface area contributed by atoms with Gasteiger partial charge in [0, 0.05) is 44.3 Å². The summed E-state index contributed by atoms with van der Waals surface area (Å²) in [4.78, 5) is 26.1. The first kappa shape index (κ1) is 48.4. The summed E-state index contributed by atoms with van der Waals surface area (Å²) in [5, 5.41) is 4.79. The summed E-state index contributed by atoms with van der Waals surface area (Å²) in [5.74, 6) is 1.68. The molecule has 8 aromatic rings. The molecule has 4 aromatic heterocycles. The molecular formula is C50H66N6. The largest absolute Gasteiger partial charge is 0.253 e. The lowest BCUT2D eigenvalue weighted by atomic mass is 10.1. The molecule has 0 bridgehead atoms. The Morgan fingerprint density at radius 1 is 0.286 bits per heavy atom. The van der Waals surface area contributed by atoms with Crippen LogP contribution in [0.2, 0.25) is 0 Å². The molecule has 4 aromatic carbocycles. The summed E-state index contributed by atoms with van der Waals surface area (Å²) in [6.45, 7) is 32.2. The number of nitrogens with zero attached hydrogens (tertiary/aromatic N) is 6. The molecule has 0 aliphatic rings. The third-order valence-corrected chi connectivity index (χ3v) is 7.91. The van der Waals surface area contributed by atoms with Gasteiger partial charge in [-0.25, -0.2) is 19.9 Å². The van der Waals surface area contributed by atoms with E-state index in [0.29, 0.717) is 0 Å². The second-order valence-corrected chi connectivity index (χ2v) is 11.9. The zero-order valence-electron chi connectivity index (χ0n) is 37.1. The quantitative estimate of drug-likeness (QED) is 0.154. The first-order valence-electron chi connectivity index (χ1n) is 20.1. The molecule has 0 spiro atoms. The van der Waals surface area contributed by atoms with Gasteiger partial charge in [0.1, 0.15) is 11.6 Å². The third kappa shape index (κ3) is 14.6. The number of fused-ring (bicyclic) bond motifs is 4. The van der Waals surface area contributed by atoms with Crippen LogP contribution in [0.4, 0.5) is 0 Å². The Labute approximate surface area is 338 Å². The molecule has 0 atom stereocenters. The van der Waals surface area contributed by atoms with E-state index in [1.807, 2.05) is 170 Å². The Hall–Kier alpha value is -5.62. The van der Waals surface area contributed by atoms with E-state index in [2.05, 4.69) is 80.1 Å². The second kappa shape index (κ2) is 26.2. The normalized spacial score (nSPS) is 9.43. The monoisotopic (exact) mass is 751 g/mol. The molecule has 0 saturated carbocycles. The highest BCUT2D eigenvalue weighted by Gasteiger charge is 2.01. The summed E-state index contributed by atoms with van der Waals surface area (Å²) in [6.07, 6.45) is 0. The predicted octanol–water partition coefficient (Wildman–Crippen LogP) is 14.3. The summed E-state index contributed by atoms with van der Waals surface area (Å²) in [5.41, 5.74) is 11.1. The molecule has 296 valence electrons. The van der Waals surface area contributed by atoms with Gasteiger partial charge in [0.15, 0.2) is 0 Å². The van der Waals surface area contributed by atoms with Crippen LogP contribution in [0.1, 0.15) is 101 Å². The lowest BCUT2D eigenvalue weighted by molar-refractivity contribution is 1.05. The number of aromatic nitrogens is 6. The minimum Gasteiger partial charge on any atom is -0.253 e. The van der Waals surface area contributed by atoms with Crippen LogP contribution in [-0.2, 0) is 0 Å². The number of hydrogen-bond acceptors (Lipinski definition) is 6. The number of rotatable bonds is 0. The van der Waals surface area contributed by atoms with Gasteiger partial charge in [0.05, 0.1) is 22.1 Å². The fourth-order valence-corrected chi connectivity index (χ4v) is 5.79. The molecule has 6 heteroatoms. The van der Waals surface area contributed by atoms with Gasteiger partial charge in [-0.3, -0.25) is 9.97 Å². The molecule has 6 nitrogen and oxygen atoms in total. The summed E-state index contributed by atoms with van der Waals surface area (Å²) in [7, 11) is 0. The van der Waals surface area contributed by atoms with Crippen molar-refractivity contribution < 1.29 is 0 Å². The fraction of sp³-hybridized carbons (Fsp3) is 0.320. The minimum atomic E-state index is 0.839. The first-order chi connectivity index (χ1) is 27.1. The standard InChI is InChI=1S/2C11H11N.2C10H10N2.4C2H6/c2*1-8-7-9(2)12-11-6-4-3-5-10(8)11;2*1-7-9-5-3-4-6-10(9)12-8(2)11-7;4*1-2/h2*3-7H,1-2H3;2*3-6H,1-2H3;4*1-2H3. The van der Waals surface area contributed by atoms with E-state index in [1.54, 1.807) is 0 Å². The summed E-state index contributed by atoms with van der Waals surface area (Å²) < 4.78 is 0. The van der Waals surface area contributed by atoms with Crippen LogP contribution >= 0.6 is 0 Å². The van der Waals surface area contributed by atoms with Crippen LogP contribution in [0.15, 0.2) is 109 Å². The van der Waals surface area contributed by atoms with Gasteiger partial charge in [-0.1, -0.05) is 128 Å². The second-order valence-electron chi connectivity index (χ2n) is 11.9. The van der Waals surface area contributed by atoms with Gasteiger partial charge < -0.3 is 0 Å². The molecule has 8 rings (SSSR count). The zero-order chi connectivity index (χ0) is 42.2. The van der Waals surface area contributed by atoms with E-state index in [-0.39, 0.29) is 0 Å². The topological polar surface area (TPSA) is 77.3 Å². The van der Waals surface area contributed by atoms with E-state index < -0.39 is 0 Å². The van der Waals surface area contributed by atoms with E-state index in [9.17, 15) is 0 Å². The van der Waals surface area contributed by atoms with Gasteiger partial charge >= 0.3 is 0 Å². The molecule has 4 heterocycles. The SMILES string of the molecule is CC.CC.CC.CC.Cc1cc(C)c2ccccc2n1.Cc1cc(C)c2ccccc2n1.Cc1nc(C)c2ccccc2n1.Cc1nc(C)c2ccccc2n1. The van der Waals surface area contributed by atoms with E-state index >= 15 is 0 Å². The van der Waals surface area contributed by atoms with Crippen molar-refractivity contribution in [3.63, 3.8) is 0 Å². The van der Waals surface area contributed by atoms with Crippen molar-refractivity contribution in [3.05, 3.63) is 155 Å². The van der Waals surface area contributed by atoms with Crippen molar-refractivity contribution in [2.75, 3.05) is 0 Å². The Balaban J connectivity index is 0.000000352.